The van der Waals surface area contributed by atoms with Gasteiger partial charge in [0.15, 0.2) is 0 Å². The lowest BCUT2D eigenvalue weighted by Crippen LogP contribution is -2.25. The van der Waals surface area contributed by atoms with Gasteiger partial charge in [-0.15, -0.1) is 0 Å². The molecule has 0 saturated heterocycles. The Bertz CT molecular complexity index is 861. The number of hydrogen-bond acceptors (Lipinski definition) is 4. The summed E-state index contributed by atoms with van der Waals surface area (Å²) in [6.45, 7) is 0.125. The van der Waals surface area contributed by atoms with Gasteiger partial charge in [-0.2, -0.15) is 0 Å². The number of hydrogen-bond donors (Lipinski definition) is 1. The summed E-state index contributed by atoms with van der Waals surface area (Å²) in [5.74, 6) is 0. The Labute approximate surface area is 136 Å². The average molecular weight is 354 g/mol. The summed E-state index contributed by atoms with van der Waals surface area (Å²) in [6.07, 6.45) is 1.12. The molecule has 0 aliphatic heterocycles. The predicted octanol–water partition coefficient (Wildman–Crippen LogP) is 1.56. The first-order valence-corrected chi connectivity index (χ1v) is 10.1. The molecule has 0 amide bonds. The summed E-state index contributed by atoms with van der Waals surface area (Å²) in [4.78, 5) is 0.202. The highest BCUT2D eigenvalue weighted by atomic mass is 32.2. The molecule has 2 aromatic rings. The maximum Gasteiger partial charge on any atom is 0.240 e. The van der Waals surface area contributed by atoms with Gasteiger partial charge >= 0.3 is 0 Å². The normalized spacial score (nSPS) is 12.1. The second kappa shape index (κ2) is 6.69. The summed E-state index contributed by atoms with van der Waals surface area (Å²) in [5, 5.41) is 0. The molecule has 2 rings (SSSR count). The summed E-state index contributed by atoms with van der Waals surface area (Å²) < 4.78 is 50.8. The second-order valence-corrected chi connectivity index (χ2v) is 8.82. The van der Waals surface area contributed by atoms with Crippen molar-refractivity contribution in [1.29, 1.82) is 0 Å². The summed E-state index contributed by atoms with van der Waals surface area (Å²) in [5.41, 5.74) is 1.25. The van der Waals surface area contributed by atoms with Crippen molar-refractivity contribution in [2.24, 2.45) is 0 Å². The molecule has 0 aliphatic rings. The van der Waals surface area contributed by atoms with Crippen molar-refractivity contribution in [3.63, 3.8) is 0 Å². The molecule has 23 heavy (non-hydrogen) atoms. The van der Waals surface area contributed by atoms with Crippen LogP contribution in [0.1, 0.15) is 5.56 Å². The van der Waals surface area contributed by atoms with E-state index in [1.54, 1.807) is 42.5 Å². The van der Waals surface area contributed by atoms with Gasteiger partial charge in [0.2, 0.25) is 20.0 Å². The molecule has 8 heteroatoms. The molecule has 0 bridgehead atoms. The van der Waals surface area contributed by atoms with Crippen LogP contribution < -0.4 is 9.03 Å². The van der Waals surface area contributed by atoms with Crippen LogP contribution in [0.25, 0.3) is 0 Å². The van der Waals surface area contributed by atoms with E-state index >= 15 is 0 Å². The fourth-order valence-electron chi connectivity index (χ4n) is 1.88. The van der Waals surface area contributed by atoms with Crippen molar-refractivity contribution in [2.45, 2.75) is 11.4 Å². The highest BCUT2D eigenvalue weighted by molar-refractivity contribution is 7.92. The molecule has 0 spiro atoms. The molecule has 1 N–H and O–H groups in total. The lowest BCUT2D eigenvalue weighted by Gasteiger charge is -2.16. The minimum Gasteiger partial charge on any atom is -0.274 e. The van der Waals surface area contributed by atoms with Crippen LogP contribution in [0.4, 0.5) is 5.69 Å². The zero-order valence-electron chi connectivity index (χ0n) is 12.8. The van der Waals surface area contributed by atoms with Crippen molar-refractivity contribution >= 4 is 25.7 Å². The number of benzene rings is 2. The van der Waals surface area contributed by atoms with E-state index in [0.717, 1.165) is 16.1 Å². The lowest BCUT2D eigenvalue weighted by atomic mass is 10.2. The molecule has 0 radical (unpaired) electrons. The van der Waals surface area contributed by atoms with Crippen LogP contribution >= 0.6 is 0 Å². The molecular formula is C15H18N2O4S2. The molecule has 2 aromatic carbocycles. The van der Waals surface area contributed by atoms with Crippen molar-refractivity contribution in [2.75, 3.05) is 17.6 Å². The van der Waals surface area contributed by atoms with Crippen LogP contribution in [0, 0.1) is 0 Å². The SMILES string of the molecule is CN(c1ccc(CNS(=O)(=O)c2ccccc2)cc1)S(C)(=O)=O. The van der Waals surface area contributed by atoms with Crippen LogP contribution in [0.2, 0.25) is 0 Å². The Balaban J connectivity index is 2.08. The monoisotopic (exact) mass is 354 g/mol. The zero-order valence-corrected chi connectivity index (χ0v) is 14.4. The fraction of sp³-hybridized carbons (Fsp3) is 0.200. The second-order valence-electron chi connectivity index (χ2n) is 5.03. The fourth-order valence-corrected chi connectivity index (χ4v) is 3.42. The molecular weight excluding hydrogens is 336 g/mol. The first-order chi connectivity index (χ1) is 10.7. The van der Waals surface area contributed by atoms with E-state index in [2.05, 4.69) is 4.72 Å². The van der Waals surface area contributed by atoms with Crippen LogP contribution in [0.5, 0.6) is 0 Å². The van der Waals surface area contributed by atoms with E-state index in [0.29, 0.717) is 5.69 Å². The molecule has 0 atom stereocenters. The molecule has 124 valence electrons. The largest absolute Gasteiger partial charge is 0.274 e. The van der Waals surface area contributed by atoms with Gasteiger partial charge in [0.25, 0.3) is 0 Å². The van der Waals surface area contributed by atoms with Crippen molar-refractivity contribution in [3.05, 3.63) is 60.2 Å². The molecule has 0 heterocycles. The van der Waals surface area contributed by atoms with Crippen LogP contribution in [-0.4, -0.2) is 30.1 Å². The van der Waals surface area contributed by atoms with E-state index in [1.807, 2.05) is 0 Å². The third kappa shape index (κ3) is 4.54. The lowest BCUT2D eigenvalue weighted by molar-refractivity contribution is 0.581. The molecule has 0 saturated carbocycles. The molecule has 6 nitrogen and oxygen atoms in total. The van der Waals surface area contributed by atoms with Gasteiger partial charge in [0.05, 0.1) is 16.8 Å². The van der Waals surface area contributed by atoms with Crippen LogP contribution in [0.15, 0.2) is 59.5 Å². The van der Waals surface area contributed by atoms with Crippen molar-refractivity contribution in [1.82, 2.24) is 4.72 Å². The summed E-state index contributed by atoms with van der Waals surface area (Å²) in [6, 6.07) is 14.7. The van der Waals surface area contributed by atoms with E-state index in [9.17, 15) is 16.8 Å². The van der Waals surface area contributed by atoms with E-state index in [-0.39, 0.29) is 11.4 Å². The maximum absolute atomic E-state index is 12.1. The first-order valence-electron chi connectivity index (χ1n) is 6.78. The van der Waals surface area contributed by atoms with Gasteiger partial charge in [0, 0.05) is 13.6 Å². The minimum absolute atomic E-state index is 0.125. The molecule has 0 aliphatic carbocycles. The van der Waals surface area contributed by atoms with Gasteiger partial charge in [-0.25, -0.2) is 21.6 Å². The van der Waals surface area contributed by atoms with Gasteiger partial charge in [0.1, 0.15) is 0 Å². The predicted molar refractivity (Wildman–Crippen MR) is 90.2 cm³/mol. The number of nitrogens with zero attached hydrogens (tertiary/aromatic N) is 1. The minimum atomic E-state index is -3.56. The summed E-state index contributed by atoms with van der Waals surface area (Å²) >= 11 is 0. The Morgan fingerprint density at radius 3 is 2.00 bits per heavy atom. The van der Waals surface area contributed by atoms with E-state index < -0.39 is 20.0 Å². The third-order valence-electron chi connectivity index (χ3n) is 3.32. The third-order valence-corrected chi connectivity index (χ3v) is 5.94. The quantitative estimate of drug-likeness (QED) is 0.853. The van der Waals surface area contributed by atoms with Gasteiger partial charge in [-0.3, -0.25) is 4.31 Å². The summed E-state index contributed by atoms with van der Waals surface area (Å²) in [7, 11) is -5.42. The van der Waals surface area contributed by atoms with E-state index in [4.69, 9.17) is 0 Å². The van der Waals surface area contributed by atoms with Crippen LogP contribution in [0.3, 0.4) is 0 Å². The highest BCUT2D eigenvalue weighted by Crippen LogP contribution is 2.16. The first kappa shape index (κ1) is 17.5. The molecule has 0 fully saturated rings. The molecule has 0 unspecified atom stereocenters. The Hall–Kier alpha value is -1.90. The molecule has 0 aromatic heterocycles. The smallest absolute Gasteiger partial charge is 0.240 e. The van der Waals surface area contributed by atoms with Gasteiger partial charge < -0.3 is 0 Å². The van der Waals surface area contributed by atoms with Crippen LogP contribution in [-0.2, 0) is 26.6 Å². The average Bonchev–Trinajstić information content (AvgIpc) is 2.53. The van der Waals surface area contributed by atoms with E-state index in [1.165, 1.54) is 19.2 Å². The van der Waals surface area contributed by atoms with Gasteiger partial charge in [-0.1, -0.05) is 30.3 Å². The van der Waals surface area contributed by atoms with Crippen molar-refractivity contribution < 1.29 is 16.8 Å². The Morgan fingerprint density at radius 2 is 1.48 bits per heavy atom. The maximum atomic E-state index is 12.1. The Kier molecular flexibility index (Phi) is 5.08. The number of rotatable bonds is 6. The Morgan fingerprint density at radius 1 is 0.913 bits per heavy atom. The standard InChI is InChI=1S/C15H18N2O4S2/c1-17(22(2,18)19)14-10-8-13(9-11-14)12-16-23(20,21)15-6-4-3-5-7-15/h3-11,16H,12H2,1-2H3. The number of nitrogens with one attached hydrogen (secondary N) is 1. The van der Waals surface area contributed by atoms with Crippen molar-refractivity contribution in [3.8, 4) is 0 Å². The highest BCUT2D eigenvalue weighted by Gasteiger charge is 2.14. The topological polar surface area (TPSA) is 83.6 Å². The van der Waals surface area contributed by atoms with Gasteiger partial charge in [-0.05, 0) is 29.8 Å². The number of sulfonamides is 2. The number of anilines is 1. The zero-order chi connectivity index (χ0) is 17.1.